The van der Waals surface area contributed by atoms with Crippen molar-refractivity contribution in [3.63, 3.8) is 0 Å². The summed E-state index contributed by atoms with van der Waals surface area (Å²) in [5, 5.41) is 4.51. The second kappa shape index (κ2) is 12.0. The summed E-state index contributed by atoms with van der Waals surface area (Å²) in [4.78, 5) is 11.6. The fourth-order valence-electron chi connectivity index (χ4n) is 2.22. The van der Waals surface area contributed by atoms with Gasteiger partial charge in [0.15, 0.2) is 0 Å². The molecule has 0 fully saturated rings. The molecule has 0 atom stereocenters. The maximum absolute atomic E-state index is 12.5. The smallest absolute Gasteiger partial charge is 0.353 e. The Labute approximate surface area is 152 Å². The molecule has 140 valence electrons. The average Bonchev–Trinajstić information content (AvgIpc) is 2.57. The molecule has 0 aliphatic carbocycles. The second-order valence-electron chi connectivity index (χ2n) is 5.87. The van der Waals surface area contributed by atoms with Gasteiger partial charge in [0.05, 0.1) is 5.56 Å². The molecular formula is C19H26F3NOS. The summed E-state index contributed by atoms with van der Waals surface area (Å²) >= 11 is 1.38. The van der Waals surface area contributed by atoms with Gasteiger partial charge in [0.2, 0.25) is 5.91 Å². The highest BCUT2D eigenvalue weighted by atomic mass is 32.2. The van der Waals surface area contributed by atoms with Crippen LogP contribution in [0.2, 0.25) is 0 Å². The van der Waals surface area contributed by atoms with E-state index in [2.05, 4.69) is 12.2 Å². The number of carbonyl (C=O) groups is 1. The van der Waals surface area contributed by atoms with Crippen molar-refractivity contribution in [1.82, 2.24) is 5.32 Å². The van der Waals surface area contributed by atoms with Crippen molar-refractivity contribution in [1.29, 1.82) is 0 Å². The first-order chi connectivity index (χ1) is 11.9. The highest BCUT2D eigenvalue weighted by Crippen LogP contribution is 2.29. The molecule has 1 aromatic rings. The Morgan fingerprint density at radius 3 is 2.36 bits per heavy atom. The van der Waals surface area contributed by atoms with Crippen molar-refractivity contribution >= 4 is 17.7 Å². The maximum atomic E-state index is 12.5. The van der Waals surface area contributed by atoms with Crippen LogP contribution >= 0.6 is 11.8 Å². The third kappa shape index (κ3) is 10.2. The van der Waals surface area contributed by atoms with E-state index in [4.69, 9.17) is 0 Å². The van der Waals surface area contributed by atoms with Crippen LogP contribution in [0, 0.1) is 0 Å². The Balaban J connectivity index is 2.15. The van der Waals surface area contributed by atoms with Gasteiger partial charge in [-0.05, 0) is 29.5 Å². The zero-order chi connectivity index (χ0) is 18.5. The van der Waals surface area contributed by atoms with E-state index in [1.54, 1.807) is 5.41 Å². The van der Waals surface area contributed by atoms with Crippen LogP contribution in [0.15, 0.2) is 35.7 Å². The Morgan fingerprint density at radius 2 is 1.72 bits per heavy atom. The van der Waals surface area contributed by atoms with Gasteiger partial charge < -0.3 is 5.32 Å². The first-order valence-electron chi connectivity index (χ1n) is 8.65. The minimum absolute atomic E-state index is 0.131. The van der Waals surface area contributed by atoms with E-state index in [1.165, 1.54) is 55.7 Å². The Kier molecular flexibility index (Phi) is 10.4. The molecule has 0 spiro atoms. The third-order valence-corrected chi connectivity index (χ3v) is 4.50. The molecule has 1 rings (SSSR count). The van der Waals surface area contributed by atoms with Gasteiger partial charge in [-0.2, -0.15) is 13.2 Å². The minimum atomic E-state index is -4.31. The first-order valence-corrected chi connectivity index (χ1v) is 9.70. The highest BCUT2D eigenvalue weighted by molar-refractivity contribution is 8.01. The summed E-state index contributed by atoms with van der Waals surface area (Å²) in [6.45, 7) is 2.86. The molecule has 0 unspecified atom stereocenters. The van der Waals surface area contributed by atoms with E-state index in [0.29, 0.717) is 12.3 Å². The summed E-state index contributed by atoms with van der Waals surface area (Å²) in [6.07, 6.45) is 4.24. The SMILES string of the molecule is CCCCCCCCNC(=O)C=CSCc1ccc(C(F)(F)F)cc1. The van der Waals surface area contributed by atoms with Crippen molar-refractivity contribution in [2.45, 2.75) is 57.4 Å². The van der Waals surface area contributed by atoms with Gasteiger partial charge >= 0.3 is 6.18 Å². The molecule has 0 aliphatic rings. The van der Waals surface area contributed by atoms with Crippen LogP contribution in [0.25, 0.3) is 0 Å². The molecule has 1 N–H and O–H groups in total. The van der Waals surface area contributed by atoms with Gasteiger partial charge in [-0.15, -0.1) is 11.8 Å². The summed E-state index contributed by atoms with van der Waals surface area (Å²) in [6, 6.07) is 5.07. The topological polar surface area (TPSA) is 29.1 Å². The molecule has 0 bridgehead atoms. The number of halogens is 3. The number of carbonyl (C=O) groups excluding carboxylic acids is 1. The molecule has 25 heavy (non-hydrogen) atoms. The zero-order valence-electron chi connectivity index (χ0n) is 14.6. The number of nitrogens with one attached hydrogen (secondary N) is 1. The number of amides is 1. The van der Waals surface area contributed by atoms with Crippen LogP contribution in [0.1, 0.15) is 56.6 Å². The normalized spacial score (nSPS) is 11.8. The van der Waals surface area contributed by atoms with Crippen molar-refractivity contribution in [3.05, 3.63) is 46.9 Å². The molecule has 6 heteroatoms. The number of rotatable bonds is 11. The predicted octanol–water partition coefficient (Wildman–Crippen LogP) is 5.93. The fraction of sp³-hybridized carbons (Fsp3) is 0.526. The molecule has 1 aromatic carbocycles. The lowest BCUT2D eigenvalue weighted by Gasteiger charge is -2.06. The molecule has 0 aromatic heterocycles. The van der Waals surface area contributed by atoms with E-state index >= 15 is 0 Å². The third-order valence-electron chi connectivity index (χ3n) is 3.68. The molecule has 2 nitrogen and oxygen atoms in total. The number of unbranched alkanes of at least 4 members (excludes halogenated alkanes) is 5. The Bertz CT molecular complexity index is 526. The lowest BCUT2D eigenvalue weighted by molar-refractivity contribution is -0.137. The molecular weight excluding hydrogens is 347 g/mol. The van der Waals surface area contributed by atoms with Gasteiger partial charge in [-0.3, -0.25) is 4.79 Å². The van der Waals surface area contributed by atoms with Gasteiger partial charge in [0.1, 0.15) is 0 Å². The molecule has 0 aliphatic heterocycles. The van der Waals surface area contributed by atoms with Gasteiger partial charge in [0, 0.05) is 18.4 Å². The average molecular weight is 373 g/mol. The van der Waals surface area contributed by atoms with E-state index in [1.807, 2.05) is 0 Å². The molecule has 1 amide bonds. The maximum Gasteiger partial charge on any atom is 0.416 e. The molecule has 0 heterocycles. The molecule has 0 saturated carbocycles. The molecule has 0 radical (unpaired) electrons. The Morgan fingerprint density at radius 1 is 1.08 bits per heavy atom. The van der Waals surface area contributed by atoms with E-state index < -0.39 is 11.7 Å². The first kappa shape index (κ1) is 21.6. The van der Waals surface area contributed by atoms with Crippen LogP contribution in [0.5, 0.6) is 0 Å². The largest absolute Gasteiger partial charge is 0.416 e. The van der Waals surface area contributed by atoms with E-state index in [0.717, 1.165) is 30.5 Å². The lowest BCUT2D eigenvalue weighted by atomic mass is 10.1. The van der Waals surface area contributed by atoms with Crippen LogP contribution in [0.3, 0.4) is 0 Å². The number of hydrogen-bond donors (Lipinski definition) is 1. The zero-order valence-corrected chi connectivity index (χ0v) is 15.4. The number of thioether (sulfide) groups is 1. The molecule has 0 saturated heterocycles. The van der Waals surface area contributed by atoms with Crippen molar-refractivity contribution in [2.24, 2.45) is 0 Å². The summed E-state index contributed by atoms with van der Waals surface area (Å²) in [5.74, 6) is 0.396. The summed E-state index contributed by atoms with van der Waals surface area (Å²) in [7, 11) is 0. The van der Waals surface area contributed by atoms with Gasteiger partial charge in [-0.25, -0.2) is 0 Å². The van der Waals surface area contributed by atoms with Crippen LogP contribution in [-0.2, 0) is 16.7 Å². The number of benzene rings is 1. The monoisotopic (exact) mass is 373 g/mol. The summed E-state index contributed by atoms with van der Waals surface area (Å²) < 4.78 is 37.4. The van der Waals surface area contributed by atoms with Crippen molar-refractivity contribution in [2.75, 3.05) is 6.54 Å². The number of alkyl halides is 3. The highest BCUT2D eigenvalue weighted by Gasteiger charge is 2.29. The lowest BCUT2D eigenvalue weighted by Crippen LogP contribution is -2.21. The predicted molar refractivity (Wildman–Crippen MR) is 98.3 cm³/mol. The van der Waals surface area contributed by atoms with Crippen molar-refractivity contribution in [3.8, 4) is 0 Å². The van der Waals surface area contributed by atoms with Crippen LogP contribution < -0.4 is 5.32 Å². The summed E-state index contributed by atoms with van der Waals surface area (Å²) in [5.41, 5.74) is 0.140. The van der Waals surface area contributed by atoms with Gasteiger partial charge in [0.25, 0.3) is 0 Å². The van der Waals surface area contributed by atoms with Gasteiger partial charge in [-0.1, -0.05) is 51.2 Å². The second-order valence-corrected chi connectivity index (χ2v) is 6.76. The van der Waals surface area contributed by atoms with Crippen LogP contribution in [-0.4, -0.2) is 12.5 Å². The Hall–Kier alpha value is -1.43. The van der Waals surface area contributed by atoms with E-state index in [9.17, 15) is 18.0 Å². The van der Waals surface area contributed by atoms with Crippen LogP contribution in [0.4, 0.5) is 13.2 Å². The van der Waals surface area contributed by atoms with E-state index in [-0.39, 0.29) is 5.91 Å². The minimum Gasteiger partial charge on any atom is -0.353 e. The quantitative estimate of drug-likeness (QED) is 0.385. The fourth-order valence-corrected chi connectivity index (χ4v) is 2.92. The van der Waals surface area contributed by atoms with Crippen molar-refractivity contribution < 1.29 is 18.0 Å². The number of hydrogen-bond acceptors (Lipinski definition) is 2. The standard InChI is InChI=1S/C19H26F3NOS/c1-2-3-4-5-6-7-13-23-18(24)12-14-25-15-16-8-10-17(11-9-16)19(20,21)22/h8-12,14H,2-7,13,15H2,1H3,(H,23,24).